The summed E-state index contributed by atoms with van der Waals surface area (Å²) in [5, 5.41) is 0. The summed E-state index contributed by atoms with van der Waals surface area (Å²) in [6.45, 7) is 14.2. The molecule has 0 unspecified atom stereocenters. The third-order valence-corrected chi connectivity index (χ3v) is 8.61. The van der Waals surface area contributed by atoms with Gasteiger partial charge in [0.25, 0.3) is 0 Å². The topological polar surface area (TPSA) is 52.6 Å². The zero-order valence-corrected chi connectivity index (χ0v) is 19.0. The van der Waals surface area contributed by atoms with Gasteiger partial charge in [-0.25, -0.2) is 4.79 Å². The molecule has 4 rings (SSSR count). The van der Waals surface area contributed by atoms with Gasteiger partial charge in [-0.2, -0.15) is 0 Å². The summed E-state index contributed by atoms with van der Waals surface area (Å²) in [6.07, 6.45) is 7.22. The van der Waals surface area contributed by atoms with E-state index in [0.717, 1.165) is 11.8 Å². The first-order chi connectivity index (χ1) is 12.9. The predicted molar refractivity (Wildman–Crippen MR) is 110 cm³/mol. The molecule has 4 aliphatic rings. The van der Waals surface area contributed by atoms with E-state index in [9.17, 15) is 9.59 Å². The maximum Gasteiger partial charge on any atom is 0.344 e. The highest BCUT2D eigenvalue weighted by molar-refractivity contribution is 5.80. The van der Waals surface area contributed by atoms with Crippen molar-refractivity contribution in [1.29, 1.82) is 0 Å². The molecular formula is C24H40O4. The van der Waals surface area contributed by atoms with Gasteiger partial charge in [-0.05, 0) is 95.8 Å². The van der Waals surface area contributed by atoms with E-state index in [1.54, 1.807) is 0 Å². The summed E-state index contributed by atoms with van der Waals surface area (Å²) in [6, 6.07) is 0. The van der Waals surface area contributed by atoms with Gasteiger partial charge in [0.15, 0.2) is 6.61 Å². The highest BCUT2D eigenvalue weighted by atomic mass is 16.6. The molecule has 28 heavy (non-hydrogen) atoms. The van der Waals surface area contributed by atoms with Crippen LogP contribution in [-0.4, -0.2) is 24.1 Å². The van der Waals surface area contributed by atoms with Crippen molar-refractivity contribution in [3.05, 3.63) is 0 Å². The number of esters is 2. The summed E-state index contributed by atoms with van der Waals surface area (Å²) in [4.78, 5) is 24.9. The van der Waals surface area contributed by atoms with Crippen molar-refractivity contribution in [2.45, 2.75) is 92.6 Å². The van der Waals surface area contributed by atoms with Gasteiger partial charge in [-0.1, -0.05) is 20.8 Å². The molecule has 4 saturated carbocycles. The lowest BCUT2D eigenvalue weighted by Crippen LogP contribution is -2.65. The average Bonchev–Trinajstić information content (AvgIpc) is 2.58. The molecule has 0 aromatic carbocycles. The molecule has 0 heterocycles. The van der Waals surface area contributed by atoms with Crippen LogP contribution in [0.15, 0.2) is 0 Å². The Morgan fingerprint density at radius 3 is 1.89 bits per heavy atom. The predicted octanol–water partition coefficient (Wildman–Crippen LogP) is 5.39. The summed E-state index contributed by atoms with van der Waals surface area (Å²) in [7, 11) is 0. The first-order valence-electron chi connectivity index (χ1n) is 11.3. The van der Waals surface area contributed by atoms with E-state index in [4.69, 9.17) is 9.47 Å². The maximum atomic E-state index is 12.7. The Morgan fingerprint density at radius 2 is 1.46 bits per heavy atom. The van der Waals surface area contributed by atoms with Crippen molar-refractivity contribution in [2.75, 3.05) is 6.61 Å². The third kappa shape index (κ3) is 3.39. The molecule has 0 N–H and O–H groups in total. The fraction of sp³-hybridized carbons (Fsp3) is 0.917. The minimum atomic E-state index is -0.573. The lowest BCUT2D eigenvalue weighted by Gasteiger charge is -2.67. The van der Waals surface area contributed by atoms with Crippen molar-refractivity contribution < 1.29 is 19.1 Å². The quantitative estimate of drug-likeness (QED) is 0.545. The summed E-state index contributed by atoms with van der Waals surface area (Å²) in [5.74, 6) is 2.71. The zero-order valence-electron chi connectivity index (χ0n) is 19.0. The van der Waals surface area contributed by atoms with Crippen molar-refractivity contribution in [3.8, 4) is 0 Å². The van der Waals surface area contributed by atoms with Crippen LogP contribution >= 0.6 is 0 Å². The molecule has 0 radical (unpaired) electrons. The molecular weight excluding hydrogens is 352 g/mol. The molecule has 0 atom stereocenters. The molecule has 0 amide bonds. The van der Waals surface area contributed by atoms with Crippen LogP contribution < -0.4 is 0 Å². The Bertz CT molecular complexity index is 588. The van der Waals surface area contributed by atoms with Crippen LogP contribution in [0.3, 0.4) is 0 Å². The monoisotopic (exact) mass is 392 g/mol. The first-order valence-corrected chi connectivity index (χ1v) is 11.3. The van der Waals surface area contributed by atoms with Crippen LogP contribution in [-0.2, 0) is 19.1 Å². The van der Waals surface area contributed by atoms with Gasteiger partial charge < -0.3 is 9.47 Å². The van der Waals surface area contributed by atoms with Gasteiger partial charge in [0, 0.05) is 5.41 Å². The molecule has 4 heteroatoms. The summed E-state index contributed by atoms with van der Waals surface area (Å²) < 4.78 is 11.4. The minimum absolute atomic E-state index is 0.0166. The smallest absolute Gasteiger partial charge is 0.344 e. The second kappa shape index (κ2) is 7.32. The zero-order chi connectivity index (χ0) is 20.9. The standard InChI is InChI=1S/C24H40O4/c1-8-22(4,5)21(26)27-14-20(25)28-23(6,7)24(15(2)3)18-10-16-9-17(12-18)13-19(24)11-16/h15-19H,8-14H2,1-7H3. The van der Waals surface area contributed by atoms with Crippen molar-refractivity contribution in [2.24, 2.45) is 40.4 Å². The summed E-state index contributed by atoms with van der Waals surface area (Å²) >= 11 is 0. The van der Waals surface area contributed by atoms with Crippen LogP contribution in [0.2, 0.25) is 0 Å². The lowest BCUT2D eigenvalue weighted by atomic mass is 9.39. The number of carbonyl (C=O) groups excluding carboxylic acids is 2. The van der Waals surface area contributed by atoms with Crippen LogP contribution in [0.4, 0.5) is 0 Å². The maximum absolute atomic E-state index is 12.7. The number of rotatable bonds is 7. The van der Waals surface area contributed by atoms with E-state index in [1.165, 1.54) is 32.1 Å². The number of ether oxygens (including phenoxy) is 2. The van der Waals surface area contributed by atoms with Gasteiger partial charge in [-0.15, -0.1) is 0 Å². The number of carbonyl (C=O) groups is 2. The Labute approximate surface area is 171 Å². The van der Waals surface area contributed by atoms with E-state index in [2.05, 4.69) is 27.7 Å². The second-order valence-electron chi connectivity index (χ2n) is 11.2. The molecule has 0 aromatic heterocycles. The largest absolute Gasteiger partial charge is 0.457 e. The molecule has 0 aliphatic heterocycles. The van der Waals surface area contributed by atoms with E-state index in [0.29, 0.717) is 24.2 Å². The highest BCUT2D eigenvalue weighted by Gasteiger charge is 2.65. The molecule has 0 spiro atoms. The Morgan fingerprint density at radius 1 is 0.964 bits per heavy atom. The lowest BCUT2D eigenvalue weighted by molar-refractivity contribution is -0.240. The molecule has 4 fully saturated rings. The molecule has 160 valence electrons. The van der Waals surface area contributed by atoms with Gasteiger partial charge in [0.05, 0.1) is 5.41 Å². The van der Waals surface area contributed by atoms with Gasteiger partial charge in [0.2, 0.25) is 0 Å². The third-order valence-electron chi connectivity index (χ3n) is 8.61. The fourth-order valence-electron chi connectivity index (χ4n) is 7.45. The Hall–Kier alpha value is -1.06. The second-order valence-corrected chi connectivity index (χ2v) is 11.2. The number of hydrogen-bond donors (Lipinski definition) is 0. The number of hydrogen-bond acceptors (Lipinski definition) is 4. The fourth-order valence-corrected chi connectivity index (χ4v) is 7.45. The Kier molecular flexibility index (Phi) is 5.66. The van der Waals surface area contributed by atoms with Crippen LogP contribution in [0.1, 0.15) is 87.0 Å². The first kappa shape index (κ1) is 21.6. The van der Waals surface area contributed by atoms with Crippen LogP contribution in [0, 0.1) is 40.4 Å². The van der Waals surface area contributed by atoms with Gasteiger partial charge in [0.1, 0.15) is 5.60 Å². The van der Waals surface area contributed by atoms with Crippen molar-refractivity contribution >= 4 is 11.9 Å². The molecule has 0 saturated heterocycles. The van der Waals surface area contributed by atoms with Crippen LogP contribution in [0.5, 0.6) is 0 Å². The van der Waals surface area contributed by atoms with E-state index in [-0.39, 0.29) is 18.0 Å². The van der Waals surface area contributed by atoms with Gasteiger partial charge >= 0.3 is 11.9 Å². The highest BCUT2D eigenvalue weighted by Crippen LogP contribution is 2.68. The van der Waals surface area contributed by atoms with E-state index < -0.39 is 17.0 Å². The average molecular weight is 393 g/mol. The molecule has 4 aliphatic carbocycles. The normalized spacial score (nSPS) is 34.6. The Balaban J connectivity index is 1.73. The minimum Gasteiger partial charge on any atom is -0.457 e. The van der Waals surface area contributed by atoms with Crippen molar-refractivity contribution in [3.63, 3.8) is 0 Å². The van der Waals surface area contributed by atoms with Crippen LogP contribution in [0.25, 0.3) is 0 Å². The van der Waals surface area contributed by atoms with Crippen molar-refractivity contribution in [1.82, 2.24) is 0 Å². The van der Waals surface area contributed by atoms with E-state index >= 15 is 0 Å². The van der Waals surface area contributed by atoms with Gasteiger partial charge in [-0.3, -0.25) is 4.79 Å². The molecule has 4 bridgehead atoms. The molecule has 0 aromatic rings. The SMILES string of the molecule is CCC(C)(C)C(=O)OCC(=O)OC(C)(C)C1(C(C)C)C2CC3CC(C2)CC1C3. The summed E-state index contributed by atoms with van der Waals surface area (Å²) in [5.41, 5.74) is -1.12. The molecule has 4 nitrogen and oxygen atoms in total. The van der Waals surface area contributed by atoms with E-state index in [1.807, 2.05) is 20.8 Å².